The van der Waals surface area contributed by atoms with E-state index in [-0.39, 0.29) is 12.5 Å². The van der Waals surface area contributed by atoms with E-state index in [9.17, 15) is 4.79 Å². The Kier molecular flexibility index (Phi) is 4.88. The zero-order valence-corrected chi connectivity index (χ0v) is 12.3. The van der Waals surface area contributed by atoms with Crippen molar-refractivity contribution in [2.45, 2.75) is 6.92 Å². The summed E-state index contributed by atoms with van der Waals surface area (Å²) < 4.78 is 5.36. The van der Waals surface area contributed by atoms with Crippen molar-refractivity contribution < 1.29 is 9.53 Å². The molecular weight excluding hydrogens is 297 g/mol. The molecule has 104 valence electrons. The first-order chi connectivity index (χ1) is 9.56. The van der Waals surface area contributed by atoms with Crippen LogP contribution in [0.4, 0.5) is 5.69 Å². The van der Waals surface area contributed by atoms with E-state index in [0.29, 0.717) is 21.5 Å². The average molecular weight is 310 g/mol. The lowest BCUT2D eigenvalue weighted by molar-refractivity contribution is -0.118. The maximum Gasteiger partial charge on any atom is 0.262 e. The van der Waals surface area contributed by atoms with Gasteiger partial charge in [-0.1, -0.05) is 35.3 Å². The number of halogens is 2. The molecule has 0 aliphatic carbocycles. The number of nitrogens with one attached hydrogen (secondary N) is 1. The Hall–Kier alpha value is -1.71. The van der Waals surface area contributed by atoms with Gasteiger partial charge >= 0.3 is 0 Å². The molecule has 2 rings (SSSR count). The summed E-state index contributed by atoms with van der Waals surface area (Å²) in [5.74, 6) is 0.229. The largest absolute Gasteiger partial charge is 0.482 e. The fraction of sp³-hybridized carbons (Fsp3) is 0.133. The van der Waals surface area contributed by atoms with Crippen LogP contribution < -0.4 is 10.1 Å². The molecule has 0 unspecified atom stereocenters. The number of carbonyl (C=O) groups excluding carboxylic acids is 1. The molecule has 20 heavy (non-hydrogen) atoms. The average Bonchev–Trinajstić information content (AvgIpc) is 2.41. The lowest BCUT2D eigenvalue weighted by Crippen LogP contribution is -2.20. The summed E-state index contributed by atoms with van der Waals surface area (Å²) in [6.07, 6.45) is 0. The first-order valence-electron chi connectivity index (χ1n) is 5.99. The van der Waals surface area contributed by atoms with Crippen molar-refractivity contribution in [3.05, 3.63) is 58.1 Å². The first-order valence-corrected chi connectivity index (χ1v) is 6.75. The smallest absolute Gasteiger partial charge is 0.262 e. The fourth-order valence-corrected chi connectivity index (χ4v) is 2.08. The predicted molar refractivity (Wildman–Crippen MR) is 81.8 cm³/mol. The summed E-state index contributed by atoms with van der Waals surface area (Å²) >= 11 is 11.8. The van der Waals surface area contributed by atoms with E-state index in [1.54, 1.807) is 42.5 Å². The molecule has 0 heterocycles. The van der Waals surface area contributed by atoms with Gasteiger partial charge in [0.2, 0.25) is 0 Å². The molecule has 0 spiro atoms. The summed E-state index contributed by atoms with van der Waals surface area (Å²) in [6.45, 7) is 1.77. The second-order valence-corrected chi connectivity index (χ2v) is 5.07. The summed E-state index contributed by atoms with van der Waals surface area (Å²) in [4.78, 5) is 11.8. The number of carbonyl (C=O) groups is 1. The zero-order valence-electron chi connectivity index (χ0n) is 10.8. The van der Waals surface area contributed by atoms with Crippen LogP contribution >= 0.6 is 23.2 Å². The van der Waals surface area contributed by atoms with E-state index in [4.69, 9.17) is 27.9 Å². The third kappa shape index (κ3) is 3.89. The lowest BCUT2D eigenvalue weighted by atomic mass is 10.2. The minimum absolute atomic E-state index is 0.105. The fourth-order valence-electron chi connectivity index (χ4n) is 1.66. The number of rotatable bonds is 4. The monoisotopic (exact) mass is 309 g/mol. The molecule has 2 aromatic rings. The van der Waals surface area contributed by atoms with Crippen LogP contribution in [-0.4, -0.2) is 12.5 Å². The van der Waals surface area contributed by atoms with E-state index in [1.807, 2.05) is 6.92 Å². The van der Waals surface area contributed by atoms with E-state index in [1.165, 1.54) is 0 Å². The highest BCUT2D eigenvalue weighted by atomic mass is 35.5. The SMILES string of the molecule is Cc1cc(Cl)ccc1NC(=O)COc1ccccc1Cl. The Labute approximate surface area is 127 Å². The molecular formula is C15H13Cl2NO2. The topological polar surface area (TPSA) is 38.3 Å². The second kappa shape index (κ2) is 6.64. The molecule has 1 N–H and O–H groups in total. The molecule has 0 radical (unpaired) electrons. The van der Waals surface area contributed by atoms with E-state index >= 15 is 0 Å². The minimum Gasteiger partial charge on any atom is -0.482 e. The van der Waals surface area contributed by atoms with E-state index in [2.05, 4.69) is 5.32 Å². The Bertz CT molecular complexity index is 629. The molecule has 2 aromatic carbocycles. The standard InChI is InChI=1S/C15H13Cl2NO2/c1-10-8-11(16)6-7-13(10)18-15(19)9-20-14-5-3-2-4-12(14)17/h2-8H,9H2,1H3,(H,18,19). The van der Waals surface area contributed by atoms with Crippen molar-refractivity contribution >= 4 is 34.8 Å². The Morgan fingerprint density at radius 3 is 2.65 bits per heavy atom. The number of anilines is 1. The molecule has 0 atom stereocenters. The number of hydrogen-bond donors (Lipinski definition) is 1. The molecule has 0 fully saturated rings. The van der Waals surface area contributed by atoms with Gasteiger partial charge in [-0.25, -0.2) is 0 Å². The molecule has 0 saturated carbocycles. The minimum atomic E-state index is -0.254. The van der Waals surface area contributed by atoms with Crippen molar-refractivity contribution in [3.8, 4) is 5.75 Å². The van der Waals surface area contributed by atoms with Crippen LogP contribution in [0.5, 0.6) is 5.75 Å². The molecule has 0 bridgehead atoms. The highest BCUT2D eigenvalue weighted by Gasteiger charge is 2.07. The molecule has 0 saturated heterocycles. The van der Waals surface area contributed by atoms with Crippen molar-refractivity contribution in [1.29, 1.82) is 0 Å². The Morgan fingerprint density at radius 1 is 1.20 bits per heavy atom. The zero-order chi connectivity index (χ0) is 14.5. The van der Waals surface area contributed by atoms with E-state index < -0.39 is 0 Å². The van der Waals surface area contributed by atoms with Gasteiger partial charge in [0, 0.05) is 10.7 Å². The van der Waals surface area contributed by atoms with Crippen molar-refractivity contribution in [2.24, 2.45) is 0 Å². The third-order valence-corrected chi connectivity index (χ3v) is 3.21. The summed E-state index contributed by atoms with van der Waals surface area (Å²) in [7, 11) is 0. The van der Waals surface area contributed by atoms with Crippen LogP contribution in [0, 0.1) is 6.92 Å². The summed E-state index contributed by atoms with van der Waals surface area (Å²) in [5.41, 5.74) is 1.60. The van der Waals surface area contributed by atoms with Gasteiger partial charge in [-0.3, -0.25) is 4.79 Å². The molecule has 3 nitrogen and oxygen atoms in total. The van der Waals surface area contributed by atoms with Crippen LogP contribution in [-0.2, 0) is 4.79 Å². The molecule has 0 aliphatic rings. The maximum absolute atomic E-state index is 11.8. The highest BCUT2D eigenvalue weighted by Crippen LogP contribution is 2.23. The molecule has 0 aromatic heterocycles. The number of amides is 1. The van der Waals surface area contributed by atoms with Gasteiger partial charge in [0.15, 0.2) is 6.61 Å². The first kappa shape index (κ1) is 14.7. The number of hydrogen-bond acceptors (Lipinski definition) is 2. The second-order valence-electron chi connectivity index (χ2n) is 4.23. The summed E-state index contributed by atoms with van der Waals surface area (Å²) in [6, 6.07) is 12.3. The molecule has 5 heteroatoms. The van der Waals surface area contributed by atoms with Gasteiger partial charge in [0.1, 0.15) is 5.75 Å². The van der Waals surface area contributed by atoms with E-state index in [0.717, 1.165) is 5.56 Å². The number of ether oxygens (including phenoxy) is 1. The predicted octanol–water partition coefficient (Wildman–Crippen LogP) is 4.32. The van der Waals surface area contributed by atoms with Crippen LogP contribution in [0.3, 0.4) is 0 Å². The van der Waals surface area contributed by atoms with Crippen molar-refractivity contribution in [1.82, 2.24) is 0 Å². The Balaban J connectivity index is 1.94. The normalized spacial score (nSPS) is 10.2. The Morgan fingerprint density at radius 2 is 1.95 bits per heavy atom. The molecule has 1 amide bonds. The van der Waals surface area contributed by atoms with Gasteiger partial charge in [0.25, 0.3) is 5.91 Å². The van der Waals surface area contributed by atoms with Crippen molar-refractivity contribution in [2.75, 3.05) is 11.9 Å². The van der Waals surface area contributed by atoms with Crippen LogP contribution in [0.1, 0.15) is 5.56 Å². The maximum atomic E-state index is 11.8. The van der Waals surface area contributed by atoms with Gasteiger partial charge in [-0.15, -0.1) is 0 Å². The molecule has 0 aliphatic heterocycles. The third-order valence-electron chi connectivity index (χ3n) is 2.66. The number of para-hydroxylation sites is 1. The quantitative estimate of drug-likeness (QED) is 0.913. The summed E-state index contributed by atoms with van der Waals surface area (Å²) in [5, 5.41) is 3.87. The van der Waals surface area contributed by atoms with Gasteiger partial charge < -0.3 is 10.1 Å². The van der Waals surface area contributed by atoms with Crippen molar-refractivity contribution in [3.63, 3.8) is 0 Å². The van der Waals surface area contributed by atoms with Gasteiger partial charge in [-0.2, -0.15) is 0 Å². The van der Waals surface area contributed by atoms with Crippen LogP contribution in [0.15, 0.2) is 42.5 Å². The van der Waals surface area contributed by atoms with Gasteiger partial charge in [-0.05, 0) is 42.8 Å². The number of benzene rings is 2. The van der Waals surface area contributed by atoms with Crippen LogP contribution in [0.25, 0.3) is 0 Å². The van der Waals surface area contributed by atoms with Crippen LogP contribution in [0.2, 0.25) is 10.0 Å². The van der Waals surface area contributed by atoms with Gasteiger partial charge in [0.05, 0.1) is 5.02 Å². The number of aryl methyl sites for hydroxylation is 1. The lowest BCUT2D eigenvalue weighted by Gasteiger charge is -2.10. The highest BCUT2D eigenvalue weighted by molar-refractivity contribution is 6.32.